The highest BCUT2D eigenvalue weighted by Crippen LogP contribution is 2.35. The van der Waals surface area contributed by atoms with Crippen LogP contribution in [0.25, 0.3) is 0 Å². The van der Waals surface area contributed by atoms with E-state index < -0.39 is 9.84 Å². The summed E-state index contributed by atoms with van der Waals surface area (Å²) >= 11 is 1.47. The number of ether oxygens (including phenoxy) is 1. The van der Waals surface area contributed by atoms with Gasteiger partial charge >= 0.3 is 0 Å². The molecule has 2 heterocycles. The van der Waals surface area contributed by atoms with Crippen molar-refractivity contribution in [2.45, 2.75) is 11.8 Å². The summed E-state index contributed by atoms with van der Waals surface area (Å²) < 4.78 is 29.0. The summed E-state index contributed by atoms with van der Waals surface area (Å²) in [6.45, 7) is 2.67. The zero-order valence-electron chi connectivity index (χ0n) is 12.2. The number of nitrogens with zero attached hydrogens (tertiary/aromatic N) is 1. The summed E-state index contributed by atoms with van der Waals surface area (Å²) in [7, 11) is -3.34. The van der Waals surface area contributed by atoms with Crippen LogP contribution >= 0.6 is 11.3 Å². The molecule has 0 radical (unpaired) electrons. The van der Waals surface area contributed by atoms with E-state index in [4.69, 9.17) is 4.74 Å². The number of hydrogen-bond acceptors (Lipinski definition) is 5. The Morgan fingerprint density at radius 1 is 1.32 bits per heavy atom. The quantitative estimate of drug-likeness (QED) is 0.845. The van der Waals surface area contributed by atoms with Crippen molar-refractivity contribution in [1.82, 2.24) is 0 Å². The van der Waals surface area contributed by atoms with Crippen LogP contribution in [0.4, 0.5) is 5.69 Å². The Morgan fingerprint density at radius 3 is 2.73 bits per heavy atom. The van der Waals surface area contributed by atoms with Gasteiger partial charge in [-0.3, -0.25) is 4.79 Å². The van der Waals surface area contributed by atoms with Crippen molar-refractivity contribution in [2.24, 2.45) is 0 Å². The van der Waals surface area contributed by atoms with Gasteiger partial charge in [-0.1, -0.05) is 0 Å². The van der Waals surface area contributed by atoms with Crippen molar-refractivity contribution in [2.75, 3.05) is 24.3 Å². The summed E-state index contributed by atoms with van der Waals surface area (Å²) in [5.74, 6) is 0.397. The predicted molar refractivity (Wildman–Crippen MR) is 85.8 cm³/mol. The highest BCUT2D eigenvalue weighted by molar-refractivity contribution is 7.90. The van der Waals surface area contributed by atoms with Crippen molar-refractivity contribution >= 4 is 32.8 Å². The number of carbonyl (C=O) groups is 1. The zero-order valence-corrected chi connectivity index (χ0v) is 13.8. The molecule has 1 aliphatic heterocycles. The first-order valence-corrected chi connectivity index (χ1v) is 9.53. The SMILES string of the molecule is Cc1cscc1C(=O)N1CCOc2ccc(S(C)(=O)=O)cc21. The fourth-order valence-electron chi connectivity index (χ4n) is 2.36. The average molecular weight is 337 g/mol. The molecule has 5 nitrogen and oxygen atoms in total. The smallest absolute Gasteiger partial charge is 0.259 e. The Hall–Kier alpha value is -1.86. The van der Waals surface area contributed by atoms with Crippen LogP contribution in [0.5, 0.6) is 5.75 Å². The maximum atomic E-state index is 12.7. The number of aryl methyl sites for hydroxylation is 1. The first kappa shape index (κ1) is 15.1. The molecule has 22 heavy (non-hydrogen) atoms. The molecule has 0 aliphatic carbocycles. The lowest BCUT2D eigenvalue weighted by atomic mass is 10.1. The molecular weight excluding hydrogens is 322 g/mol. The molecule has 116 valence electrons. The number of thiophene rings is 1. The molecule has 0 atom stereocenters. The number of fused-ring (bicyclic) bond motifs is 1. The molecule has 1 aromatic heterocycles. The highest BCUT2D eigenvalue weighted by atomic mass is 32.2. The second-order valence-electron chi connectivity index (χ2n) is 5.18. The van der Waals surface area contributed by atoms with Gasteiger partial charge in [0.25, 0.3) is 5.91 Å². The van der Waals surface area contributed by atoms with Crippen molar-refractivity contribution in [3.63, 3.8) is 0 Å². The van der Waals surface area contributed by atoms with E-state index in [1.165, 1.54) is 23.5 Å². The summed E-state index contributed by atoms with van der Waals surface area (Å²) in [4.78, 5) is 14.5. The van der Waals surface area contributed by atoms with Gasteiger partial charge in [0.2, 0.25) is 0 Å². The van der Waals surface area contributed by atoms with Gasteiger partial charge in [0.1, 0.15) is 12.4 Å². The van der Waals surface area contributed by atoms with Crippen molar-refractivity contribution in [1.29, 1.82) is 0 Å². The molecule has 0 saturated heterocycles. The monoisotopic (exact) mass is 337 g/mol. The number of hydrogen-bond donors (Lipinski definition) is 0. The van der Waals surface area contributed by atoms with Crippen LogP contribution in [0.1, 0.15) is 15.9 Å². The molecule has 0 fully saturated rings. The second kappa shape index (κ2) is 5.40. The Morgan fingerprint density at radius 2 is 2.09 bits per heavy atom. The van der Waals surface area contributed by atoms with Crippen LogP contribution in [-0.2, 0) is 9.84 Å². The Bertz CT molecular complexity index is 839. The number of benzene rings is 1. The van der Waals surface area contributed by atoms with Gasteiger partial charge in [-0.15, -0.1) is 0 Å². The third-order valence-corrected chi connectivity index (χ3v) is 5.52. The summed E-state index contributed by atoms with van der Waals surface area (Å²) in [6, 6.07) is 4.60. The molecule has 0 unspecified atom stereocenters. The zero-order chi connectivity index (χ0) is 15.9. The van der Waals surface area contributed by atoms with E-state index in [9.17, 15) is 13.2 Å². The van der Waals surface area contributed by atoms with Gasteiger partial charge in [-0.05, 0) is 36.1 Å². The maximum Gasteiger partial charge on any atom is 0.259 e. The highest BCUT2D eigenvalue weighted by Gasteiger charge is 2.27. The first-order valence-electron chi connectivity index (χ1n) is 6.69. The van der Waals surface area contributed by atoms with E-state index >= 15 is 0 Å². The lowest BCUT2D eigenvalue weighted by molar-refractivity contribution is 0.0976. The lowest BCUT2D eigenvalue weighted by Crippen LogP contribution is -2.38. The summed E-state index contributed by atoms with van der Waals surface area (Å²) in [6.07, 6.45) is 1.15. The van der Waals surface area contributed by atoms with Crippen molar-refractivity contribution in [3.8, 4) is 5.75 Å². The van der Waals surface area contributed by atoms with Gasteiger partial charge in [-0.25, -0.2) is 8.42 Å². The minimum Gasteiger partial charge on any atom is -0.490 e. The van der Waals surface area contributed by atoms with Gasteiger partial charge in [-0.2, -0.15) is 11.3 Å². The fraction of sp³-hybridized carbons (Fsp3) is 0.267. The molecule has 1 aromatic carbocycles. The third-order valence-electron chi connectivity index (χ3n) is 3.55. The van der Waals surface area contributed by atoms with Gasteiger partial charge < -0.3 is 9.64 Å². The van der Waals surface area contributed by atoms with Crippen LogP contribution < -0.4 is 9.64 Å². The van der Waals surface area contributed by atoms with E-state index in [0.717, 1.165) is 11.8 Å². The molecule has 7 heteroatoms. The van der Waals surface area contributed by atoms with Gasteiger partial charge in [0.15, 0.2) is 9.84 Å². The molecule has 3 rings (SSSR count). The van der Waals surface area contributed by atoms with Gasteiger partial charge in [0, 0.05) is 11.6 Å². The van der Waals surface area contributed by atoms with E-state index in [1.54, 1.807) is 11.0 Å². The van der Waals surface area contributed by atoms with Gasteiger partial charge in [0.05, 0.1) is 22.7 Å². The first-order chi connectivity index (χ1) is 10.4. The Balaban J connectivity index is 2.07. The molecule has 0 N–H and O–H groups in total. The molecule has 0 spiro atoms. The second-order valence-corrected chi connectivity index (χ2v) is 7.93. The largest absolute Gasteiger partial charge is 0.490 e. The van der Waals surface area contributed by atoms with Crippen LogP contribution in [0.15, 0.2) is 33.9 Å². The van der Waals surface area contributed by atoms with Crippen LogP contribution in [0, 0.1) is 6.92 Å². The number of amides is 1. The number of anilines is 1. The van der Waals surface area contributed by atoms with E-state index in [0.29, 0.717) is 30.2 Å². The molecule has 1 amide bonds. The van der Waals surface area contributed by atoms with Crippen LogP contribution in [-0.4, -0.2) is 33.7 Å². The minimum atomic E-state index is -3.34. The molecule has 0 saturated carbocycles. The molecule has 0 bridgehead atoms. The third kappa shape index (κ3) is 2.62. The number of sulfone groups is 1. The Labute approximate surface area is 133 Å². The summed E-state index contributed by atoms with van der Waals surface area (Å²) in [5.41, 5.74) is 2.06. The predicted octanol–water partition coefficient (Wildman–Crippen LogP) is 2.50. The van der Waals surface area contributed by atoms with Crippen LogP contribution in [0.2, 0.25) is 0 Å². The maximum absolute atomic E-state index is 12.7. The van der Waals surface area contributed by atoms with E-state index in [1.807, 2.05) is 17.7 Å². The Kier molecular flexibility index (Phi) is 3.70. The number of rotatable bonds is 2. The summed E-state index contributed by atoms with van der Waals surface area (Å²) in [5, 5.41) is 3.73. The standard InChI is InChI=1S/C15H15NO4S2/c1-10-8-21-9-12(10)15(17)16-5-6-20-14-4-3-11(7-13(14)16)22(2,18)19/h3-4,7-9H,5-6H2,1-2H3. The number of carbonyl (C=O) groups excluding carboxylic acids is 1. The normalized spacial score (nSPS) is 14.4. The average Bonchev–Trinajstić information content (AvgIpc) is 2.90. The topological polar surface area (TPSA) is 63.7 Å². The van der Waals surface area contributed by atoms with E-state index in [2.05, 4.69) is 0 Å². The van der Waals surface area contributed by atoms with Crippen LogP contribution in [0.3, 0.4) is 0 Å². The van der Waals surface area contributed by atoms with Crippen molar-refractivity contribution < 1.29 is 17.9 Å². The fourth-order valence-corrected chi connectivity index (χ4v) is 3.83. The van der Waals surface area contributed by atoms with Crippen molar-refractivity contribution in [3.05, 3.63) is 40.1 Å². The molecule has 2 aromatic rings. The molecule has 1 aliphatic rings. The lowest BCUT2D eigenvalue weighted by Gasteiger charge is -2.30. The van der Waals surface area contributed by atoms with E-state index in [-0.39, 0.29) is 10.8 Å². The minimum absolute atomic E-state index is 0.131. The molecular formula is C15H15NO4S2.